The fourth-order valence-electron chi connectivity index (χ4n) is 3.52. The maximum absolute atomic E-state index is 10.3. The van der Waals surface area contributed by atoms with Crippen molar-refractivity contribution in [2.75, 3.05) is 39.4 Å². The van der Waals surface area contributed by atoms with Crippen molar-refractivity contribution in [2.45, 2.75) is 18.9 Å². The topological polar surface area (TPSA) is 65.0 Å². The van der Waals surface area contributed by atoms with Gasteiger partial charge in [-0.25, -0.2) is 0 Å². The van der Waals surface area contributed by atoms with Crippen LogP contribution in [0, 0.1) is 5.92 Å². The van der Waals surface area contributed by atoms with Crippen LogP contribution in [0.25, 0.3) is 0 Å². The molecule has 0 saturated carbocycles. The maximum Gasteiger partial charge on any atom is 0.124 e. The Kier molecular flexibility index (Phi) is 4.63. The predicted molar refractivity (Wildman–Crippen MR) is 80.5 cm³/mol. The zero-order chi connectivity index (χ0) is 14.7. The molecule has 2 heterocycles. The first-order chi connectivity index (χ1) is 10.3. The van der Waals surface area contributed by atoms with Crippen LogP contribution in [-0.2, 0) is 4.74 Å². The van der Waals surface area contributed by atoms with Crippen molar-refractivity contribution in [2.24, 2.45) is 5.92 Å². The molecule has 2 aliphatic heterocycles. The summed E-state index contributed by atoms with van der Waals surface area (Å²) in [7, 11) is 0. The lowest BCUT2D eigenvalue weighted by Gasteiger charge is -2.41. The summed E-state index contributed by atoms with van der Waals surface area (Å²) < 4.78 is 5.49. The number of phenols is 2. The van der Waals surface area contributed by atoms with E-state index in [-0.39, 0.29) is 17.5 Å². The number of ether oxygens (including phenoxy) is 1. The summed E-state index contributed by atoms with van der Waals surface area (Å²) in [6, 6.07) is 5.19. The third-order valence-corrected chi connectivity index (χ3v) is 4.59. The molecule has 0 spiro atoms. The quantitative estimate of drug-likeness (QED) is 0.787. The van der Waals surface area contributed by atoms with Crippen molar-refractivity contribution in [3.8, 4) is 11.5 Å². The third kappa shape index (κ3) is 3.31. The number of piperazine rings is 1. The summed E-state index contributed by atoms with van der Waals surface area (Å²) in [6.45, 7) is 5.54. The maximum atomic E-state index is 10.3. The van der Waals surface area contributed by atoms with Gasteiger partial charge in [-0.1, -0.05) is 6.07 Å². The second kappa shape index (κ2) is 6.64. The molecule has 1 aromatic rings. The van der Waals surface area contributed by atoms with Crippen LogP contribution in [0.3, 0.4) is 0 Å². The minimum atomic E-state index is 0.113. The smallest absolute Gasteiger partial charge is 0.124 e. The van der Waals surface area contributed by atoms with Crippen LogP contribution in [0.1, 0.15) is 24.4 Å². The molecule has 2 saturated heterocycles. The largest absolute Gasteiger partial charge is 0.508 e. The van der Waals surface area contributed by atoms with E-state index in [1.807, 2.05) is 6.07 Å². The van der Waals surface area contributed by atoms with E-state index in [0.29, 0.717) is 5.92 Å². The number of hydrogen-bond donors (Lipinski definition) is 3. The van der Waals surface area contributed by atoms with E-state index in [0.717, 1.165) is 57.8 Å². The molecule has 21 heavy (non-hydrogen) atoms. The third-order valence-electron chi connectivity index (χ3n) is 4.59. The van der Waals surface area contributed by atoms with Gasteiger partial charge in [0.2, 0.25) is 0 Å². The van der Waals surface area contributed by atoms with Crippen LogP contribution < -0.4 is 5.32 Å². The van der Waals surface area contributed by atoms with Gasteiger partial charge >= 0.3 is 0 Å². The average molecular weight is 292 g/mol. The van der Waals surface area contributed by atoms with E-state index in [2.05, 4.69) is 10.2 Å². The highest BCUT2D eigenvalue weighted by Crippen LogP contribution is 2.40. The summed E-state index contributed by atoms with van der Waals surface area (Å²) in [5, 5.41) is 23.2. The van der Waals surface area contributed by atoms with Crippen molar-refractivity contribution in [1.82, 2.24) is 10.2 Å². The van der Waals surface area contributed by atoms with Crippen molar-refractivity contribution in [3.63, 3.8) is 0 Å². The summed E-state index contributed by atoms with van der Waals surface area (Å²) >= 11 is 0. The lowest BCUT2D eigenvalue weighted by Crippen LogP contribution is -2.47. The first kappa shape index (κ1) is 14.6. The highest BCUT2D eigenvalue weighted by atomic mass is 16.5. The first-order valence-electron chi connectivity index (χ1n) is 7.80. The molecule has 3 rings (SSSR count). The molecule has 0 unspecified atom stereocenters. The second-order valence-electron chi connectivity index (χ2n) is 5.92. The van der Waals surface area contributed by atoms with Gasteiger partial charge in [-0.15, -0.1) is 0 Å². The molecule has 0 bridgehead atoms. The molecule has 1 atom stereocenters. The zero-order valence-corrected chi connectivity index (χ0v) is 12.3. The second-order valence-corrected chi connectivity index (χ2v) is 5.92. The number of aromatic hydroxyl groups is 2. The predicted octanol–water partition coefficient (Wildman–Crippen LogP) is 1.47. The monoisotopic (exact) mass is 292 g/mol. The Labute approximate surface area is 125 Å². The van der Waals surface area contributed by atoms with Crippen molar-refractivity contribution >= 4 is 0 Å². The highest BCUT2D eigenvalue weighted by Gasteiger charge is 2.32. The van der Waals surface area contributed by atoms with Crippen molar-refractivity contribution in [3.05, 3.63) is 23.8 Å². The summed E-state index contributed by atoms with van der Waals surface area (Å²) in [6.07, 6.45) is 2.05. The Balaban J connectivity index is 1.89. The van der Waals surface area contributed by atoms with E-state index in [9.17, 15) is 10.2 Å². The lowest BCUT2D eigenvalue weighted by molar-refractivity contribution is 0.0206. The number of hydrogen-bond acceptors (Lipinski definition) is 5. The van der Waals surface area contributed by atoms with Gasteiger partial charge in [0.25, 0.3) is 0 Å². The van der Waals surface area contributed by atoms with Crippen LogP contribution in [0.15, 0.2) is 18.2 Å². The van der Waals surface area contributed by atoms with Gasteiger partial charge in [0.1, 0.15) is 11.5 Å². The number of rotatable bonds is 3. The Bertz CT molecular complexity index is 451. The van der Waals surface area contributed by atoms with Crippen LogP contribution in [0.2, 0.25) is 0 Å². The molecular formula is C16H24N2O3. The van der Waals surface area contributed by atoms with Crippen molar-refractivity contribution in [1.29, 1.82) is 0 Å². The van der Waals surface area contributed by atoms with Gasteiger partial charge in [-0.3, -0.25) is 4.90 Å². The van der Waals surface area contributed by atoms with Gasteiger partial charge in [0, 0.05) is 57.1 Å². The normalized spacial score (nSPS) is 23.0. The molecule has 5 heteroatoms. The average Bonchev–Trinajstić information content (AvgIpc) is 2.52. The molecule has 1 aromatic carbocycles. The Morgan fingerprint density at radius 2 is 1.86 bits per heavy atom. The standard InChI is InChI=1S/C16H24N2O3/c19-13-1-2-14(15(20)11-13)16(12-3-9-21-10-4-12)18-7-5-17-6-8-18/h1-2,11-12,16-17,19-20H,3-10H2/t16-/m0/s1. The number of phenolic OH excluding ortho intramolecular Hbond substituents is 2. The fraction of sp³-hybridized carbons (Fsp3) is 0.625. The minimum Gasteiger partial charge on any atom is -0.508 e. The molecule has 2 aliphatic rings. The molecule has 0 amide bonds. The molecule has 0 aliphatic carbocycles. The van der Waals surface area contributed by atoms with E-state index in [4.69, 9.17) is 4.74 Å². The van der Waals surface area contributed by atoms with Crippen LogP contribution >= 0.6 is 0 Å². The summed E-state index contributed by atoms with van der Waals surface area (Å²) in [5.41, 5.74) is 0.932. The zero-order valence-electron chi connectivity index (χ0n) is 12.3. The van der Waals surface area contributed by atoms with Gasteiger partial charge in [0.15, 0.2) is 0 Å². The number of benzene rings is 1. The van der Waals surface area contributed by atoms with E-state index in [1.165, 1.54) is 6.07 Å². The summed E-state index contributed by atoms with van der Waals surface area (Å²) in [4.78, 5) is 2.46. The van der Waals surface area contributed by atoms with Gasteiger partial charge in [-0.2, -0.15) is 0 Å². The van der Waals surface area contributed by atoms with E-state index in [1.54, 1.807) is 6.07 Å². The SMILES string of the molecule is Oc1ccc([C@H](C2CCOCC2)N2CCNCC2)c(O)c1. The molecular weight excluding hydrogens is 268 g/mol. The first-order valence-corrected chi connectivity index (χ1v) is 7.80. The van der Waals surface area contributed by atoms with Gasteiger partial charge in [-0.05, 0) is 24.8 Å². The van der Waals surface area contributed by atoms with Crippen LogP contribution in [0.4, 0.5) is 0 Å². The molecule has 0 aromatic heterocycles. The Hall–Kier alpha value is -1.30. The molecule has 0 radical (unpaired) electrons. The fourth-order valence-corrected chi connectivity index (χ4v) is 3.52. The lowest BCUT2D eigenvalue weighted by atomic mass is 9.85. The molecule has 2 fully saturated rings. The Morgan fingerprint density at radius 1 is 1.14 bits per heavy atom. The van der Waals surface area contributed by atoms with Gasteiger partial charge < -0.3 is 20.3 Å². The van der Waals surface area contributed by atoms with E-state index < -0.39 is 0 Å². The number of nitrogens with one attached hydrogen (secondary N) is 1. The van der Waals surface area contributed by atoms with E-state index >= 15 is 0 Å². The molecule has 116 valence electrons. The Morgan fingerprint density at radius 3 is 2.52 bits per heavy atom. The highest BCUT2D eigenvalue weighted by molar-refractivity contribution is 5.41. The van der Waals surface area contributed by atoms with Gasteiger partial charge in [0.05, 0.1) is 0 Å². The van der Waals surface area contributed by atoms with Crippen LogP contribution in [-0.4, -0.2) is 54.5 Å². The van der Waals surface area contributed by atoms with Crippen LogP contribution in [0.5, 0.6) is 11.5 Å². The van der Waals surface area contributed by atoms with Crippen molar-refractivity contribution < 1.29 is 14.9 Å². The number of nitrogens with zero attached hydrogens (tertiary/aromatic N) is 1. The summed E-state index contributed by atoms with van der Waals surface area (Å²) in [5.74, 6) is 0.805. The minimum absolute atomic E-state index is 0.113. The molecule has 3 N–H and O–H groups in total. The molecule has 5 nitrogen and oxygen atoms in total.